The molecule has 0 atom stereocenters. The zero-order valence-electron chi connectivity index (χ0n) is 9.09. The third kappa shape index (κ3) is 1.87. The van der Waals surface area contributed by atoms with Gasteiger partial charge in [-0.15, -0.1) is 0 Å². The van der Waals surface area contributed by atoms with Gasteiger partial charge in [-0.25, -0.2) is 4.79 Å². The Morgan fingerprint density at radius 1 is 1.21 bits per heavy atom. The normalized spacial score (nSPS) is 10.0. The molecule has 0 radical (unpaired) electrons. The van der Waals surface area contributed by atoms with Gasteiger partial charge in [0.05, 0.1) is 5.69 Å². The van der Waals surface area contributed by atoms with E-state index < -0.39 is 6.03 Å². The molecule has 0 spiro atoms. The number of aryl methyl sites for hydroxylation is 3. The number of primary amides is 1. The quantitative estimate of drug-likeness (QED) is 0.728. The number of carbonyl (C=O) groups excluding carboxylic acids is 1. The SMILES string of the molecule is Cc1cc(C)c(N(C)C(N)=O)c(C)c1. The van der Waals surface area contributed by atoms with Crippen molar-refractivity contribution in [3.05, 3.63) is 28.8 Å². The number of anilines is 1. The summed E-state index contributed by atoms with van der Waals surface area (Å²) in [6.07, 6.45) is 0. The van der Waals surface area contributed by atoms with Gasteiger partial charge in [-0.2, -0.15) is 0 Å². The minimum atomic E-state index is -0.431. The second kappa shape index (κ2) is 3.70. The van der Waals surface area contributed by atoms with Crippen LogP contribution in [0, 0.1) is 20.8 Å². The molecular formula is C11H16N2O. The fourth-order valence-corrected chi connectivity index (χ4v) is 1.81. The van der Waals surface area contributed by atoms with Gasteiger partial charge in [0, 0.05) is 7.05 Å². The number of nitrogens with zero attached hydrogens (tertiary/aromatic N) is 1. The van der Waals surface area contributed by atoms with Crippen molar-refractivity contribution in [2.45, 2.75) is 20.8 Å². The van der Waals surface area contributed by atoms with E-state index in [1.165, 1.54) is 10.5 Å². The first-order valence-corrected chi connectivity index (χ1v) is 4.54. The molecule has 2 amide bonds. The van der Waals surface area contributed by atoms with E-state index >= 15 is 0 Å². The molecule has 1 aromatic carbocycles. The molecule has 0 saturated carbocycles. The predicted octanol–water partition coefficient (Wildman–Crippen LogP) is 2.13. The van der Waals surface area contributed by atoms with Crippen molar-refractivity contribution in [1.29, 1.82) is 0 Å². The summed E-state index contributed by atoms with van der Waals surface area (Å²) < 4.78 is 0. The van der Waals surface area contributed by atoms with E-state index in [4.69, 9.17) is 5.73 Å². The zero-order chi connectivity index (χ0) is 10.9. The Balaban J connectivity index is 3.27. The van der Waals surface area contributed by atoms with E-state index in [1.54, 1.807) is 7.05 Å². The Kier molecular flexibility index (Phi) is 2.79. The number of nitrogens with two attached hydrogens (primary N) is 1. The van der Waals surface area contributed by atoms with Crippen molar-refractivity contribution in [3.63, 3.8) is 0 Å². The summed E-state index contributed by atoms with van der Waals surface area (Å²) in [6.45, 7) is 6.00. The molecule has 76 valence electrons. The first-order chi connectivity index (χ1) is 6.43. The maximum atomic E-state index is 11.0. The van der Waals surface area contributed by atoms with Crippen LogP contribution >= 0.6 is 0 Å². The average Bonchev–Trinajstić information content (AvgIpc) is 2.01. The fourth-order valence-electron chi connectivity index (χ4n) is 1.81. The molecule has 0 aliphatic carbocycles. The van der Waals surface area contributed by atoms with Crippen molar-refractivity contribution in [2.24, 2.45) is 5.73 Å². The highest BCUT2D eigenvalue weighted by molar-refractivity contribution is 5.91. The molecule has 0 unspecified atom stereocenters. The van der Waals surface area contributed by atoms with Crippen molar-refractivity contribution in [2.75, 3.05) is 11.9 Å². The third-order valence-electron chi connectivity index (χ3n) is 2.30. The second-order valence-electron chi connectivity index (χ2n) is 3.64. The number of hydrogen-bond donors (Lipinski definition) is 1. The van der Waals surface area contributed by atoms with Gasteiger partial charge in [0.2, 0.25) is 0 Å². The lowest BCUT2D eigenvalue weighted by Gasteiger charge is -2.20. The number of amides is 2. The van der Waals surface area contributed by atoms with Crippen LogP contribution in [0.25, 0.3) is 0 Å². The molecule has 1 aromatic rings. The summed E-state index contributed by atoms with van der Waals surface area (Å²) in [5.41, 5.74) is 9.48. The number of hydrogen-bond acceptors (Lipinski definition) is 1. The molecule has 0 aliphatic rings. The lowest BCUT2D eigenvalue weighted by molar-refractivity contribution is 0.255. The van der Waals surface area contributed by atoms with Gasteiger partial charge in [-0.1, -0.05) is 17.7 Å². The molecule has 0 aliphatic heterocycles. The monoisotopic (exact) mass is 192 g/mol. The summed E-state index contributed by atoms with van der Waals surface area (Å²) in [5.74, 6) is 0. The topological polar surface area (TPSA) is 46.3 Å². The highest BCUT2D eigenvalue weighted by Gasteiger charge is 2.12. The van der Waals surface area contributed by atoms with Gasteiger partial charge in [-0.3, -0.25) is 4.90 Å². The van der Waals surface area contributed by atoms with Gasteiger partial charge in [0.1, 0.15) is 0 Å². The molecule has 0 heterocycles. The highest BCUT2D eigenvalue weighted by atomic mass is 16.2. The van der Waals surface area contributed by atoms with E-state index in [0.717, 1.165) is 16.8 Å². The second-order valence-corrected chi connectivity index (χ2v) is 3.64. The van der Waals surface area contributed by atoms with Crippen LogP contribution in [-0.4, -0.2) is 13.1 Å². The van der Waals surface area contributed by atoms with E-state index in [1.807, 2.05) is 32.9 Å². The zero-order valence-corrected chi connectivity index (χ0v) is 9.09. The molecule has 3 nitrogen and oxygen atoms in total. The Bertz CT molecular complexity index is 349. The van der Waals surface area contributed by atoms with Crippen molar-refractivity contribution < 1.29 is 4.79 Å². The molecule has 1 rings (SSSR count). The van der Waals surface area contributed by atoms with Gasteiger partial charge in [0.25, 0.3) is 0 Å². The third-order valence-corrected chi connectivity index (χ3v) is 2.30. The van der Waals surface area contributed by atoms with Gasteiger partial charge in [-0.05, 0) is 31.9 Å². The maximum Gasteiger partial charge on any atom is 0.319 e. The number of benzene rings is 1. The largest absolute Gasteiger partial charge is 0.351 e. The molecule has 2 N–H and O–H groups in total. The van der Waals surface area contributed by atoms with Crippen molar-refractivity contribution in [3.8, 4) is 0 Å². The van der Waals surface area contributed by atoms with Crippen LogP contribution in [0.2, 0.25) is 0 Å². The molecule has 0 saturated heterocycles. The van der Waals surface area contributed by atoms with Gasteiger partial charge < -0.3 is 5.73 Å². The minimum Gasteiger partial charge on any atom is -0.351 e. The Morgan fingerprint density at radius 3 is 2.00 bits per heavy atom. The van der Waals surface area contributed by atoms with Crippen LogP contribution in [0.1, 0.15) is 16.7 Å². The lowest BCUT2D eigenvalue weighted by Crippen LogP contribution is -2.32. The van der Waals surface area contributed by atoms with Gasteiger partial charge >= 0.3 is 6.03 Å². The molecular weight excluding hydrogens is 176 g/mol. The summed E-state index contributed by atoms with van der Waals surface area (Å²) in [7, 11) is 1.69. The van der Waals surface area contributed by atoms with Crippen LogP contribution in [0.5, 0.6) is 0 Å². The first kappa shape index (κ1) is 10.6. The number of rotatable bonds is 1. The fraction of sp³-hybridized carbons (Fsp3) is 0.364. The Labute approximate surface area is 84.5 Å². The van der Waals surface area contributed by atoms with Crippen LogP contribution < -0.4 is 10.6 Å². The maximum absolute atomic E-state index is 11.0. The summed E-state index contributed by atoms with van der Waals surface area (Å²) in [4.78, 5) is 12.5. The van der Waals surface area contributed by atoms with E-state index in [0.29, 0.717) is 0 Å². The van der Waals surface area contributed by atoms with Crippen molar-refractivity contribution >= 4 is 11.7 Å². The molecule has 3 heteroatoms. The number of urea groups is 1. The van der Waals surface area contributed by atoms with E-state index in [-0.39, 0.29) is 0 Å². The average molecular weight is 192 g/mol. The van der Waals surface area contributed by atoms with E-state index in [2.05, 4.69) is 0 Å². The van der Waals surface area contributed by atoms with Crippen LogP contribution in [-0.2, 0) is 0 Å². The Hall–Kier alpha value is -1.51. The first-order valence-electron chi connectivity index (χ1n) is 4.54. The highest BCUT2D eigenvalue weighted by Crippen LogP contribution is 2.24. The van der Waals surface area contributed by atoms with E-state index in [9.17, 15) is 4.79 Å². The predicted molar refractivity (Wildman–Crippen MR) is 58.6 cm³/mol. The summed E-state index contributed by atoms with van der Waals surface area (Å²) in [5, 5.41) is 0. The van der Waals surface area contributed by atoms with Crippen LogP contribution in [0.4, 0.5) is 10.5 Å². The van der Waals surface area contributed by atoms with Gasteiger partial charge in [0.15, 0.2) is 0 Å². The summed E-state index contributed by atoms with van der Waals surface area (Å²) >= 11 is 0. The molecule has 0 bridgehead atoms. The standard InChI is InChI=1S/C11H16N2O/c1-7-5-8(2)10(9(3)6-7)13(4)11(12)14/h5-6H,1-4H3,(H2,12,14). The minimum absolute atomic E-state index is 0.431. The molecule has 0 aromatic heterocycles. The number of carbonyl (C=O) groups is 1. The lowest BCUT2D eigenvalue weighted by atomic mass is 10.0. The summed E-state index contributed by atoms with van der Waals surface area (Å²) in [6, 6.07) is 3.66. The smallest absolute Gasteiger partial charge is 0.319 e. The molecule has 14 heavy (non-hydrogen) atoms. The molecule has 0 fully saturated rings. The Morgan fingerprint density at radius 2 is 1.64 bits per heavy atom. The van der Waals surface area contributed by atoms with Crippen LogP contribution in [0.15, 0.2) is 12.1 Å². The van der Waals surface area contributed by atoms with Crippen LogP contribution in [0.3, 0.4) is 0 Å². The van der Waals surface area contributed by atoms with Crippen molar-refractivity contribution in [1.82, 2.24) is 0 Å².